The van der Waals surface area contributed by atoms with Crippen molar-refractivity contribution in [3.8, 4) is 45.3 Å². The molecule has 21 heteroatoms. The molecule has 2 aliphatic carbocycles. The fourth-order valence-electron chi connectivity index (χ4n) is 13.2. The lowest BCUT2D eigenvalue weighted by Crippen LogP contribution is -2.35. The molecule has 8 aromatic rings. The van der Waals surface area contributed by atoms with Gasteiger partial charge in [0.1, 0.15) is 64.2 Å². The first-order valence-electron chi connectivity index (χ1n) is 32.9. The van der Waals surface area contributed by atoms with Gasteiger partial charge in [0.15, 0.2) is 0 Å². The molecule has 4 aliphatic heterocycles. The molecule has 0 radical (unpaired) electrons. The Bertz CT molecular complexity index is 3980. The number of likely N-dealkylation sites (N-methyl/N-ethyl adjacent to an activating group) is 2. The number of ether oxygens (including phenoxy) is 5. The number of aromatic nitrogens is 6. The van der Waals surface area contributed by atoms with Gasteiger partial charge in [-0.1, -0.05) is 72.8 Å². The molecule has 6 aliphatic rings. The van der Waals surface area contributed by atoms with Crippen molar-refractivity contribution >= 4 is 51.7 Å². The summed E-state index contributed by atoms with van der Waals surface area (Å²) in [5.41, 5.74) is 21.0. The van der Waals surface area contributed by atoms with Crippen molar-refractivity contribution in [1.29, 1.82) is 0 Å². The van der Waals surface area contributed by atoms with Crippen LogP contribution in [0.3, 0.4) is 0 Å². The summed E-state index contributed by atoms with van der Waals surface area (Å²) in [5, 5.41) is 10.1. The average Bonchev–Trinajstić information content (AvgIpc) is 1.58. The van der Waals surface area contributed by atoms with Crippen LogP contribution in [0.5, 0.6) is 23.0 Å². The van der Waals surface area contributed by atoms with E-state index in [4.69, 9.17) is 50.2 Å². The number of carboxylic acid groups (broad SMARTS) is 1. The molecule has 0 spiro atoms. The van der Waals surface area contributed by atoms with Crippen molar-refractivity contribution in [2.24, 2.45) is 0 Å². The van der Waals surface area contributed by atoms with Crippen LogP contribution in [0.25, 0.3) is 44.3 Å². The van der Waals surface area contributed by atoms with E-state index in [1.807, 2.05) is 124 Å². The number of aliphatic carboxylic acids is 1. The minimum absolute atomic E-state index is 0.0615. The molecule has 6 fully saturated rings. The van der Waals surface area contributed by atoms with Gasteiger partial charge in [0.05, 0.1) is 36.1 Å². The summed E-state index contributed by atoms with van der Waals surface area (Å²) in [6, 6.07) is 37.0. The predicted octanol–water partition coefficient (Wildman–Crippen LogP) is 12.3. The van der Waals surface area contributed by atoms with Crippen LogP contribution in [-0.4, -0.2) is 169 Å². The summed E-state index contributed by atoms with van der Waals surface area (Å²) >= 11 is 0. The number of para-hydroxylation sites is 2. The number of nitrogens with two attached hydrogens (primary N) is 2. The average molecular weight is 1280 g/mol. The second-order valence-electron chi connectivity index (χ2n) is 26.3. The largest absolute Gasteiger partial charge is 0.478 e. The van der Waals surface area contributed by atoms with Crippen LogP contribution in [0.1, 0.15) is 107 Å². The van der Waals surface area contributed by atoms with Gasteiger partial charge in [-0.3, -0.25) is 14.6 Å². The van der Waals surface area contributed by atoms with E-state index in [2.05, 4.69) is 60.2 Å². The summed E-state index contributed by atoms with van der Waals surface area (Å²) in [6.45, 7) is 12.8. The molecular weight excluding hydrogens is 1190 g/mol. The third-order valence-corrected chi connectivity index (χ3v) is 18.3. The summed E-state index contributed by atoms with van der Waals surface area (Å²) in [5.74, 6) is 4.12. The summed E-state index contributed by atoms with van der Waals surface area (Å²) in [4.78, 5) is 62.5. The maximum atomic E-state index is 13.2. The Morgan fingerprint density at radius 2 is 1.00 bits per heavy atom. The highest BCUT2D eigenvalue weighted by atomic mass is 16.6. The molecule has 492 valence electrons. The van der Waals surface area contributed by atoms with Crippen LogP contribution in [-0.2, 0) is 23.8 Å². The van der Waals surface area contributed by atoms with E-state index >= 15 is 0 Å². The Morgan fingerprint density at radius 3 is 1.41 bits per heavy atom. The van der Waals surface area contributed by atoms with Crippen molar-refractivity contribution in [2.45, 2.75) is 114 Å². The summed E-state index contributed by atoms with van der Waals surface area (Å²) in [6.07, 6.45) is 17.6. The number of rotatable bonds is 18. The molecule has 4 atom stereocenters. The second-order valence-corrected chi connectivity index (χ2v) is 26.3. The fourth-order valence-corrected chi connectivity index (χ4v) is 13.2. The van der Waals surface area contributed by atoms with Crippen LogP contribution in [0.15, 0.2) is 146 Å². The van der Waals surface area contributed by atoms with Crippen LogP contribution in [0, 0.1) is 0 Å². The zero-order valence-electron chi connectivity index (χ0n) is 54.4. The number of nitrogen functional groups attached to an aromatic ring is 2. The predicted molar refractivity (Wildman–Crippen MR) is 363 cm³/mol. The van der Waals surface area contributed by atoms with Gasteiger partial charge in [-0.05, 0) is 158 Å². The first kappa shape index (κ1) is 64.9. The van der Waals surface area contributed by atoms with Crippen LogP contribution < -0.4 is 20.9 Å². The minimum Gasteiger partial charge on any atom is -0.478 e. The lowest BCUT2D eigenvalue weighted by Gasteiger charge is -2.25. The number of hydrogen-bond acceptors (Lipinski definition) is 16. The van der Waals surface area contributed by atoms with Crippen LogP contribution in [0.2, 0.25) is 0 Å². The molecule has 0 bridgehead atoms. The highest BCUT2D eigenvalue weighted by molar-refractivity contribution is 6.04. The number of carbonyl (C=O) groups excluding carboxylic acids is 2. The number of fused-ring (bicyclic) bond motifs is 2. The highest BCUT2D eigenvalue weighted by Gasteiger charge is 2.41. The van der Waals surface area contributed by atoms with Gasteiger partial charge in [0.25, 0.3) is 0 Å². The Kier molecular flexibility index (Phi) is 20.0. The van der Waals surface area contributed by atoms with E-state index in [0.717, 1.165) is 152 Å². The van der Waals surface area contributed by atoms with Crippen LogP contribution in [0.4, 0.5) is 16.4 Å². The highest BCUT2D eigenvalue weighted by Crippen LogP contribution is 2.53. The monoisotopic (exact) mass is 1270 g/mol. The van der Waals surface area contributed by atoms with Gasteiger partial charge >= 0.3 is 12.1 Å². The molecule has 5 N–H and O–H groups in total. The Balaban J connectivity index is 0.000000153. The van der Waals surface area contributed by atoms with E-state index in [1.54, 1.807) is 23.4 Å². The molecule has 94 heavy (non-hydrogen) atoms. The molecule has 4 aromatic heterocycles. The number of benzene rings is 4. The van der Waals surface area contributed by atoms with E-state index in [0.29, 0.717) is 68.3 Å². The summed E-state index contributed by atoms with van der Waals surface area (Å²) in [7, 11) is 4.07. The van der Waals surface area contributed by atoms with E-state index in [1.165, 1.54) is 23.8 Å². The molecule has 2 saturated carbocycles. The third-order valence-electron chi connectivity index (χ3n) is 18.3. The third kappa shape index (κ3) is 15.4. The van der Waals surface area contributed by atoms with E-state index < -0.39 is 11.6 Å². The topological polar surface area (TPSA) is 244 Å². The van der Waals surface area contributed by atoms with Crippen molar-refractivity contribution in [3.63, 3.8) is 0 Å². The zero-order valence-corrected chi connectivity index (χ0v) is 54.4. The Labute approximate surface area is 548 Å². The van der Waals surface area contributed by atoms with Gasteiger partial charge in [0, 0.05) is 99.2 Å². The molecule has 4 aromatic carbocycles. The van der Waals surface area contributed by atoms with Gasteiger partial charge in [0.2, 0.25) is 5.91 Å². The lowest BCUT2D eigenvalue weighted by atomic mass is 10.0. The van der Waals surface area contributed by atoms with Gasteiger partial charge in [-0.15, -0.1) is 0 Å². The molecule has 4 saturated heterocycles. The molecule has 21 nitrogen and oxygen atoms in total. The van der Waals surface area contributed by atoms with Crippen LogP contribution >= 0.6 is 0 Å². The zero-order chi connectivity index (χ0) is 65.5. The minimum atomic E-state index is -0.893. The maximum absolute atomic E-state index is 13.2. The Hall–Kier alpha value is -9.15. The van der Waals surface area contributed by atoms with Gasteiger partial charge < -0.3 is 59.2 Å². The number of anilines is 2. The number of carboxylic acids is 1. The SMILES string of the molecule is CC(C)(C)OC(=O)N1CC[C@@H](n2c(C3CC3)c(-c3ccc(Oc4ccccc4)cc3)c3c(N)ncnc32)C1.CN(C/C=C/C(=O)N1CC[C@@H](n2c(C3CC3)c(-c3ccc(Oc4ccccc4)cc3)c3c(N)ncnc32)C1)[C@@H]1CCOC1.CN(C/C=C/C(=O)O)[C@@H]1CCOC1. The van der Waals surface area contributed by atoms with Crippen molar-refractivity contribution in [3.05, 3.63) is 158 Å². The Morgan fingerprint density at radius 1 is 0.574 bits per heavy atom. The normalized spacial score (nSPS) is 19.7. The molecule has 0 unspecified atom stereocenters. The lowest BCUT2D eigenvalue weighted by molar-refractivity contribution is -0.131. The maximum Gasteiger partial charge on any atom is 0.410 e. The number of nitrogens with zero attached hydrogens (tertiary/aromatic N) is 10. The molecule has 2 amide bonds. The van der Waals surface area contributed by atoms with Gasteiger partial charge in [-0.25, -0.2) is 29.5 Å². The molecule has 14 rings (SSSR count). The van der Waals surface area contributed by atoms with E-state index in [-0.39, 0.29) is 24.1 Å². The van der Waals surface area contributed by atoms with Crippen molar-refractivity contribution in [1.82, 2.24) is 48.7 Å². The van der Waals surface area contributed by atoms with Crippen molar-refractivity contribution in [2.75, 3.05) is 91.3 Å². The number of amides is 2. The first-order valence-corrected chi connectivity index (χ1v) is 32.9. The van der Waals surface area contributed by atoms with Crippen molar-refractivity contribution < 1.29 is 43.2 Å². The van der Waals surface area contributed by atoms with E-state index in [9.17, 15) is 14.4 Å². The first-order chi connectivity index (χ1) is 45.5. The number of hydrogen-bond donors (Lipinski definition) is 3. The standard InChI is InChI=1S/C34H38N6O3.C30H33N5O3.C9H15NO3/c1-38(26-16-19-42-21-26)17-5-8-29(41)39-18-15-25(20-39)40-32(24-9-10-24)30(31-33(35)36-22-37-34(31)40)23-11-13-28(14-12-23)43-27-6-3-2-4-7-27;1-30(2,3)38-29(36)34-16-15-21(17-34)35-26(20-9-10-20)24(25-27(31)32-18-33-28(25)35)19-11-13-23(14-12-19)37-22-7-5-4-6-8-22;1-10(5-2-3-9(11)12)8-4-6-13-7-8/h2-8,11-14,22,24-26H,9-10,15-21H2,1H3,(H2,35,36,37);4-8,11-14,18,20-21H,9-10,15-17H2,1-3H3,(H2,31,32,33);2-3,8H,4-7H2,1H3,(H,11,12)/b8-5+;;3-2+/t25-,26-;21-;8-/m111/s1. The fraction of sp³-hybridized carbons (Fsp3) is 0.411. The van der Waals surface area contributed by atoms with Gasteiger partial charge in [-0.2, -0.15) is 0 Å². The number of likely N-dealkylation sites (tertiary alicyclic amines) is 2. The molecule has 8 heterocycles. The smallest absolute Gasteiger partial charge is 0.410 e. The second kappa shape index (κ2) is 29.0. The quantitative estimate of drug-likeness (QED) is 0.0676. The number of carbonyl (C=O) groups is 3. The molecular formula is C73H86N12O9. The summed E-state index contributed by atoms with van der Waals surface area (Å²) < 4.78 is 33.2.